The molecule has 0 aromatic heterocycles. The van der Waals surface area contributed by atoms with Crippen LogP contribution in [-0.4, -0.2) is 46.3 Å². The first-order valence-corrected chi connectivity index (χ1v) is 18.2. The van der Waals surface area contributed by atoms with Crippen molar-refractivity contribution in [3.63, 3.8) is 0 Å². The molecule has 0 bridgehead atoms. The number of hydrogen-bond acceptors (Lipinski definition) is 3. The molecule has 0 aliphatic heterocycles. The van der Waals surface area contributed by atoms with Crippen LogP contribution < -0.4 is 0 Å². The molecule has 1 atom stereocenters. The summed E-state index contributed by atoms with van der Waals surface area (Å²) in [6, 6.07) is 3.05. The van der Waals surface area contributed by atoms with Gasteiger partial charge in [-0.15, -0.1) is 13.2 Å². The second-order valence-corrected chi connectivity index (χ2v) is 21.3. The molecule has 0 amide bonds. The molecule has 0 spiro atoms. The standard InChI is InChI=1S/C21H40O3Si3/c1-11-15-25(7,8)20-14-13-19(21(20)26(9,10)16-12-2)18(3)17-27(22-4,23-5)24-6/h11-12,14,18H,1-2,13,15-17H2,3-10H3. The van der Waals surface area contributed by atoms with Crippen LogP contribution in [0.5, 0.6) is 0 Å². The Morgan fingerprint density at radius 1 is 0.963 bits per heavy atom. The molecule has 3 nitrogen and oxygen atoms in total. The van der Waals surface area contributed by atoms with Gasteiger partial charge in [-0.1, -0.05) is 67.3 Å². The summed E-state index contributed by atoms with van der Waals surface area (Å²) in [5.74, 6) is 0.380. The van der Waals surface area contributed by atoms with Crippen molar-refractivity contribution >= 4 is 25.0 Å². The summed E-state index contributed by atoms with van der Waals surface area (Å²) in [5, 5.41) is 3.34. The Bertz CT molecular complexity index is 594. The summed E-state index contributed by atoms with van der Waals surface area (Å²) < 4.78 is 17.1. The van der Waals surface area contributed by atoms with Gasteiger partial charge in [-0.3, -0.25) is 0 Å². The lowest BCUT2D eigenvalue weighted by Gasteiger charge is -2.35. The molecule has 0 saturated carbocycles. The van der Waals surface area contributed by atoms with Crippen LogP contribution in [0.15, 0.2) is 47.4 Å². The summed E-state index contributed by atoms with van der Waals surface area (Å²) >= 11 is 0. The average Bonchev–Trinajstić information content (AvgIpc) is 3.07. The van der Waals surface area contributed by atoms with E-state index in [0.717, 1.165) is 24.6 Å². The first kappa shape index (κ1) is 24.5. The predicted octanol–water partition coefficient (Wildman–Crippen LogP) is 5.99. The molecule has 6 heteroatoms. The van der Waals surface area contributed by atoms with Crippen molar-refractivity contribution in [1.82, 2.24) is 0 Å². The highest BCUT2D eigenvalue weighted by atomic mass is 28.4. The van der Waals surface area contributed by atoms with E-state index in [-0.39, 0.29) is 0 Å². The molecule has 0 heterocycles. The predicted molar refractivity (Wildman–Crippen MR) is 125 cm³/mol. The molecule has 1 unspecified atom stereocenters. The summed E-state index contributed by atoms with van der Waals surface area (Å²) in [5.41, 5.74) is 1.58. The zero-order valence-electron chi connectivity index (χ0n) is 18.8. The normalized spacial score (nSPS) is 17.1. The van der Waals surface area contributed by atoms with Crippen molar-refractivity contribution in [1.29, 1.82) is 0 Å². The maximum atomic E-state index is 5.71. The van der Waals surface area contributed by atoms with Gasteiger partial charge in [-0.25, -0.2) is 0 Å². The highest BCUT2D eigenvalue weighted by molar-refractivity contribution is 6.93. The Kier molecular flexibility index (Phi) is 8.91. The summed E-state index contributed by atoms with van der Waals surface area (Å²) in [6.07, 6.45) is 7.78. The first-order chi connectivity index (χ1) is 12.5. The van der Waals surface area contributed by atoms with Crippen molar-refractivity contribution in [2.24, 2.45) is 5.92 Å². The SMILES string of the molecule is C=CC[Si](C)(C)C1=CCC(C(C)C[Si](OC)(OC)OC)=C1[Si](C)(C)CC=C. The van der Waals surface area contributed by atoms with Gasteiger partial charge in [0.05, 0.1) is 16.1 Å². The van der Waals surface area contributed by atoms with Gasteiger partial charge >= 0.3 is 8.80 Å². The van der Waals surface area contributed by atoms with Gasteiger partial charge in [0.25, 0.3) is 0 Å². The molecule has 0 aromatic carbocycles. The van der Waals surface area contributed by atoms with Crippen molar-refractivity contribution in [2.45, 2.75) is 57.7 Å². The average molecular weight is 425 g/mol. The highest BCUT2D eigenvalue weighted by Crippen LogP contribution is 2.45. The molecule has 1 rings (SSSR count). The van der Waals surface area contributed by atoms with Crippen LogP contribution in [-0.2, 0) is 13.3 Å². The maximum Gasteiger partial charge on any atom is 0.500 e. The van der Waals surface area contributed by atoms with Crippen molar-refractivity contribution in [2.75, 3.05) is 21.3 Å². The summed E-state index contributed by atoms with van der Waals surface area (Å²) in [4.78, 5) is 0. The molecule has 1 aliphatic rings. The van der Waals surface area contributed by atoms with Crippen LogP contribution in [0.4, 0.5) is 0 Å². The molecular weight excluding hydrogens is 384 g/mol. The van der Waals surface area contributed by atoms with Gasteiger partial charge in [0.15, 0.2) is 0 Å². The van der Waals surface area contributed by atoms with Gasteiger partial charge < -0.3 is 13.3 Å². The largest absolute Gasteiger partial charge is 0.500 e. The fraction of sp³-hybridized carbons (Fsp3) is 0.619. The minimum Gasteiger partial charge on any atom is -0.377 e. The maximum absolute atomic E-state index is 5.71. The third kappa shape index (κ3) is 5.52. The molecule has 0 fully saturated rings. The fourth-order valence-corrected chi connectivity index (χ4v) is 13.8. The van der Waals surface area contributed by atoms with Gasteiger partial charge in [0.1, 0.15) is 0 Å². The number of allylic oxidation sites excluding steroid dienone is 6. The third-order valence-electron chi connectivity index (χ3n) is 5.92. The molecule has 0 N–H and O–H groups in total. The van der Waals surface area contributed by atoms with Gasteiger partial charge in [0.2, 0.25) is 0 Å². The van der Waals surface area contributed by atoms with Crippen molar-refractivity contribution in [3.8, 4) is 0 Å². The summed E-state index contributed by atoms with van der Waals surface area (Å²) in [7, 11) is -0.649. The smallest absolute Gasteiger partial charge is 0.377 e. The molecule has 1 aliphatic carbocycles. The second kappa shape index (κ2) is 9.80. The van der Waals surface area contributed by atoms with Crippen LogP contribution in [0.2, 0.25) is 44.3 Å². The molecule has 154 valence electrons. The van der Waals surface area contributed by atoms with Gasteiger partial charge in [-0.2, -0.15) is 0 Å². The van der Waals surface area contributed by atoms with E-state index in [4.69, 9.17) is 13.3 Å². The second-order valence-electron chi connectivity index (χ2n) is 8.88. The van der Waals surface area contributed by atoms with E-state index >= 15 is 0 Å². The minimum atomic E-state index is -2.61. The van der Waals surface area contributed by atoms with Crippen LogP contribution in [0.3, 0.4) is 0 Å². The van der Waals surface area contributed by atoms with Crippen LogP contribution >= 0.6 is 0 Å². The van der Waals surface area contributed by atoms with E-state index in [1.54, 1.807) is 37.3 Å². The van der Waals surface area contributed by atoms with Crippen LogP contribution in [0.25, 0.3) is 0 Å². The quantitative estimate of drug-likeness (QED) is 0.284. The Labute approximate surface area is 170 Å². The lowest BCUT2D eigenvalue weighted by atomic mass is 10.0. The summed E-state index contributed by atoms with van der Waals surface area (Å²) in [6.45, 7) is 20.3. The minimum absolute atomic E-state index is 0.380. The lowest BCUT2D eigenvalue weighted by molar-refractivity contribution is 0.120. The zero-order chi connectivity index (χ0) is 20.9. The monoisotopic (exact) mass is 424 g/mol. The Hall–Kier alpha value is -0.509. The zero-order valence-corrected chi connectivity index (χ0v) is 21.8. The number of hydrogen-bond donors (Lipinski definition) is 0. The Morgan fingerprint density at radius 2 is 1.44 bits per heavy atom. The lowest BCUT2D eigenvalue weighted by Crippen LogP contribution is -2.44. The van der Waals surface area contributed by atoms with E-state index < -0.39 is 25.0 Å². The van der Waals surface area contributed by atoms with Gasteiger partial charge in [-0.05, 0) is 24.4 Å². The van der Waals surface area contributed by atoms with Gasteiger partial charge in [0, 0.05) is 27.4 Å². The first-order valence-electron chi connectivity index (χ1n) is 9.86. The third-order valence-corrected chi connectivity index (χ3v) is 15.6. The molecule has 27 heavy (non-hydrogen) atoms. The van der Waals surface area contributed by atoms with E-state index in [0.29, 0.717) is 5.92 Å². The van der Waals surface area contributed by atoms with E-state index in [1.807, 2.05) is 0 Å². The number of rotatable bonds is 12. The highest BCUT2D eigenvalue weighted by Gasteiger charge is 2.44. The van der Waals surface area contributed by atoms with E-state index in [9.17, 15) is 0 Å². The molecule has 0 radical (unpaired) electrons. The van der Waals surface area contributed by atoms with Crippen LogP contribution in [0, 0.1) is 5.92 Å². The van der Waals surface area contributed by atoms with Crippen molar-refractivity contribution in [3.05, 3.63) is 47.4 Å². The Morgan fingerprint density at radius 3 is 1.89 bits per heavy atom. The van der Waals surface area contributed by atoms with Crippen LogP contribution in [0.1, 0.15) is 13.3 Å². The molecule has 0 aromatic rings. The molecule has 0 saturated heterocycles. The van der Waals surface area contributed by atoms with Crippen molar-refractivity contribution < 1.29 is 13.3 Å². The fourth-order valence-electron chi connectivity index (χ4n) is 4.38. The van der Waals surface area contributed by atoms with E-state index in [2.05, 4.69) is 64.5 Å². The Balaban J connectivity index is 3.41. The topological polar surface area (TPSA) is 27.7 Å². The van der Waals surface area contributed by atoms with E-state index in [1.165, 1.54) is 0 Å². The molecular formula is C21H40O3Si3.